The van der Waals surface area contributed by atoms with Gasteiger partial charge in [-0.1, -0.05) is 52.8 Å². The fourth-order valence-corrected chi connectivity index (χ4v) is 11.3. The number of hydrogen-bond acceptors (Lipinski definition) is 6. The molecule has 1 aromatic rings. The first-order valence-electron chi connectivity index (χ1n) is 16.5. The minimum atomic E-state index is -2.23. The molecule has 5 fully saturated rings. The number of ether oxygens (including phenoxy) is 3. The van der Waals surface area contributed by atoms with E-state index in [0.29, 0.717) is 25.2 Å². The van der Waals surface area contributed by atoms with Crippen LogP contribution in [-0.2, 0) is 23.4 Å². The maximum absolute atomic E-state index is 13.7. The number of benzene rings is 1. The molecular formula is C35H52O7Si. The molecule has 6 rings (SSSR count). The Hall–Kier alpha value is -1.74. The summed E-state index contributed by atoms with van der Waals surface area (Å²) < 4.78 is 26.5. The second-order valence-corrected chi connectivity index (χ2v) is 21.1. The first-order chi connectivity index (χ1) is 20.1. The molecule has 4 aliphatic carbocycles. The monoisotopic (exact) mass is 612 g/mol. The van der Waals surface area contributed by atoms with Gasteiger partial charge in [-0.25, -0.2) is 4.79 Å². The number of esters is 1. The van der Waals surface area contributed by atoms with Gasteiger partial charge in [0, 0.05) is 24.9 Å². The Kier molecular flexibility index (Phi) is 7.75. The number of carbonyl (C=O) groups excluding carboxylic acids is 1. The first kappa shape index (κ1) is 31.2. The maximum atomic E-state index is 13.7. The summed E-state index contributed by atoms with van der Waals surface area (Å²) in [4.78, 5) is 26.4. The summed E-state index contributed by atoms with van der Waals surface area (Å²) in [6, 6.07) is 9.26. The number of carbonyl (C=O) groups is 2. The van der Waals surface area contributed by atoms with Crippen molar-refractivity contribution in [1.29, 1.82) is 0 Å². The number of aliphatic carboxylic acids is 1. The maximum Gasteiger partial charge on any atom is 0.338 e. The van der Waals surface area contributed by atoms with E-state index in [4.69, 9.17) is 18.6 Å². The van der Waals surface area contributed by atoms with Gasteiger partial charge in [0.15, 0.2) is 14.1 Å². The van der Waals surface area contributed by atoms with E-state index in [0.717, 1.165) is 38.5 Å². The van der Waals surface area contributed by atoms with Crippen molar-refractivity contribution in [3.05, 3.63) is 35.9 Å². The third-order valence-electron chi connectivity index (χ3n) is 13.2. The Bertz CT molecular complexity index is 1220. The smallest absolute Gasteiger partial charge is 0.338 e. The third-order valence-corrected chi connectivity index (χ3v) is 17.7. The zero-order valence-corrected chi connectivity index (χ0v) is 28.2. The van der Waals surface area contributed by atoms with Crippen LogP contribution < -0.4 is 0 Å². The van der Waals surface area contributed by atoms with Crippen LogP contribution in [0.4, 0.5) is 0 Å². The molecule has 5 aliphatic rings. The Balaban J connectivity index is 1.45. The molecule has 0 aromatic heterocycles. The largest absolute Gasteiger partial charge is 0.481 e. The second kappa shape index (κ2) is 10.7. The van der Waals surface area contributed by atoms with Crippen LogP contribution in [0.1, 0.15) is 89.9 Å². The lowest BCUT2D eigenvalue weighted by Crippen LogP contribution is -2.66. The van der Waals surface area contributed by atoms with Crippen molar-refractivity contribution in [2.45, 2.75) is 116 Å². The third kappa shape index (κ3) is 5.12. The lowest BCUT2D eigenvalue weighted by molar-refractivity contribution is -0.256. The fourth-order valence-electron chi connectivity index (χ4n) is 9.95. The molecule has 9 atom stereocenters. The van der Waals surface area contributed by atoms with Crippen LogP contribution in [0.25, 0.3) is 0 Å². The second-order valence-electron chi connectivity index (χ2n) is 16.4. The zero-order chi connectivity index (χ0) is 31.0. The highest BCUT2D eigenvalue weighted by Gasteiger charge is 2.69. The molecule has 238 valence electrons. The molecule has 1 N–H and O–H groups in total. The van der Waals surface area contributed by atoms with Gasteiger partial charge in [-0.05, 0) is 91.0 Å². The molecular weight excluding hydrogens is 560 g/mol. The molecule has 0 radical (unpaired) electrons. The van der Waals surface area contributed by atoms with Crippen molar-refractivity contribution in [3.63, 3.8) is 0 Å². The van der Waals surface area contributed by atoms with Crippen LogP contribution in [-0.4, -0.2) is 56.6 Å². The van der Waals surface area contributed by atoms with Gasteiger partial charge in [0.2, 0.25) is 0 Å². The summed E-state index contributed by atoms with van der Waals surface area (Å²) in [6.45, 7) is 17.3. The van der Waals surface area contributed by atoms with Gasteiger partial charge in [0.05, 0.1) is 24.7 Å². The van der Waals surface area contributed by atoms with Crippen molar-refractivity contribution in [2.75, 3.05) is 13.2 Å². The fraction of sp³-hybridized carbons (Fsp3) is 0.771. The van der Waals surface area contributed by atoms with E-state index in [9.17, 15) is 14.7 Å². The average Bonchev–Trinajstić information content (AvgIpc) is 3.53. The van der Waals surface area contributed by atoms with Gasteiger partial charge in [-0.3, -0.25) is 4.79 Å². The SMILES string of the molecule is CC(C)(C)[Si](C)(C)O[C@@H]1C[C@]2(C)C(C(=O)O)CCC2C2C1[C@@]1(C)CCC3(CC1C[C@H]2OC(=O)c1ccccc1)OCCO3. The van der Waals surface area contributed by atoms with E-state index in [1.54, 1.807) is 0 Å². The molecule has 4 saturated carbocycles. The molecule has 1 saturated heterocycles. The topological polar surface area (TPSA) is 91.3 Å². The average molecular weight is 613 g/mol. The molecule has 0 amide bonds. The van der Waals surface area contributed by atoms with Crippen LogP contribution >= 0.6 is 0 Å². The van der Waals surface area contributed by atoms with Crippen molar-refractivity contribution < 1.29 is 33.3 Å². The van der Waals surface area contributed by atoms with E-state index in [2.05, 4.69) is 47.7 Å². The van der Waals surface area contributed by atoms with Crippen LogP contribution in [0.15, 0.2) is 30.3 Å². The molecule has 7 nitrogen and oxygen atoms in total. The number of carboxylic acids is 1. The highest BCUT2D eigenvalue weighted by molar-refractivity contribution is 6.74. The Morgan fingerprint density at radius 2 is 1.63 bits per heavy atom. The number of rotatable bonds is 5. The van der Waals surface area contributed by atoms with E-state index in [-0.39, 0.29) is 52.3 Å². The van der Waals surface area contributed by atoms with E-state index >= 15 is 0 Å². The molecule has 1 spiro atoms. The van der Waals surface area contributed by atoms with Gasteiger partial charge < -0.3 is 23.7 Å². The zero-order valence-electron chi connectivity index (χ0n) is 27.2. The van der Waals surface area contributed by atoms with Crippen molar-refractivity contribution >= 4 is 20.3 Å². The summed E-state index contributed by atoms with van der Waals surface area (Å²) in [5.41, 5.74) is 0.0718. The molecule has 8 heteroatoms. The van der Waals surface area contributed by atoms with Crippen LogP contribution in [0.3, 0.4) is 0 Å². The highest BCUT2D eigenvalue weighted by Crippen LogP contribution is 2.69. The lowest BCUT2D eigenvalue weighted by Gasteiger charge is -2.65. The molecule has 1 aromatic carbocycles. The van der Waals surface area contributed by atoms with Crippen LogP contribution in [0, 0.1) is 40.4 Å². The minimum Gasteiger partial charge on any atom is -0.481 e. The quantitative estimate of drug-likeness (QED) is 0.275. The molecule has 43 heavy (non-hydrogen) atoms. The van der Waals surface area contributed by atoms with E-state index in [1.807, 2.05) is 30.3 Å². The van der Waals surface area contributed by atoms with Crippen molar-refractivity contribution in [1.82, 2.24) is 0 Å². The van der Waals surface area contributed by atoms with Gasteiger partial charge in [0.25, 0.3) is 0 Å². The first-order valence-corrected chi connectivity index (χ1v) is 19.5. The van der Waals surface area contributed by atoms with Crippen LogP contribution in [0.5, 0.6) is 0 Å². The predicted octanol–water partition coefficient (Wildman–Crippen LogP) is 7.31. The number of fused-ring (bicyclic) bond motifs is 5. The van der Waals surface area contributed by atoms with E-state index in [1.165, 1.54) is 0 Å². The lowest BCUT2D eigenvalue weighted by atomic mass is 9.43. The molecule has 1 heterocycles. The normalized spacial score (nSPS) is 40.4. The van der Waals surface area contributed by atoms with Gasteiger partial charge >= 0.3 is 11.9 Å². The summed E-state index contributed by atoms with van der Waals surface area (Å²) >= 11 is 0. The van der Waals surface area contributed by atoms with Gasteiger partial charge in [-0.15, -0.1) is 0 Å². The predicted molar refractivity (Wildman–Crippen MR) is 166 cm³/mol. The Labute approximate surface area is 258 Å². The summed E-state index contributed by atoms with van der Waals surface area (Å²) in [5, 5.41) is 10.4. The Morgan fingerprint density at radius 3 is 2.26 bits per heavy atom. The highest BCUT2D eigenvalue weighted by atomic mass is 28.4. The molecule has 0 bridgehead atoms. The van der Waals surface area contributed by atoms with Gasteiger partial charge in [-0.2, -0.15) is 0 Å². The Morgan fingerprint density at radius 1 is 0.953 bits per heavy atom. The van der Waals surface area contributed by atoms with Crippen molar-refractivity contribution in [3.8, 4) is 0 Å². The van der Waals surface area contributed by atoms with E-state index < -0.39 is 31.4 Å². The number of carboxylic acid groups (broad SMARTS) is 1. The minimum absolute atomic E-state index is 0.0123. The molecule has 1 aliphatic heterocycles. The molecule has 5 unspecified atom stereocenters. The summed E-state index contributed by atoms with van der Waals surface area (Å²) in [5.74, 6) is -1.40. The summed E-state index contributed by atoms with van der Waals surface area (Å²) in [7, 11) is -2.23. The van der Waals surface area contributed by atoms with Gasteiger partial charge in [0.1, 0.15) is 6.10 Å². The van der Waals surface area contributed by atoms with Crippen molar-refractivity contribution in [2.24, 2.45) is 40.4 Å². The summed E-state index contributed by atoms with van der Waals surface area (Å²) in [6.07, 6.45) is 5.16. The standard InChI is InChI=1S/C35H52O7Si/c1-32(2,3)43(6,7)42-27-21-34(5)24(13-14-25(34)30(36)37)28-26(41-31(38)22-11-9-8-10-12-22)19-23-20-35(39-17-18-40-35)16-15-33(23,4)29(27)28/h8-12,23-29H,13-21H2,1-7H3,(H,36,37)/t23?,24?,25?,26-,27-,28?,29?,33+,34+/m1/s1. The number of hydrogen-bond donors (Lipinski definition) is 1. The van der Waals surface area contributed by atoms with Crippen LogP contribution in [0.2, 0.25) is 18.1 Å².